The molecule has 0 heterocycles. The van der Waals surface area contributed by atoms with Crippen LogP contribution in [0.2, 0.25) is 0 Å². The van der Waals surface area contributed by atoms with Crippen molar-refractivity contribution in [1.82, 2.24) is 5.32 Å². The Labute approximate surface area is 153 Å². The molecule has 1 atom stereocenters. The molecule has 0 spiro atoms. The van der Waals surface area contributed by atoms with Gasteiger partial charge < -0.3 is 25.6 Å². The molecule has 0 aliphatic rings. The van der Waals surface area contributed by atoms with Crippen molar-refractivity contribution in [3.63, 3.8) is 0 Å². The van der Waals surface area contributed by atoms with Gasteiger partial charge in [-0.1, -0.05) is 44.9 Å². The largest absolute Gasteiger partial charge is 0.444 e. The maximum atomic E-state index is 11.6. The second-order valence-electron chi connectivity index (χ2n) is 7.57. The van der Waals surface area contributed by atoms with Crippen molar-refractivity contribution in [2.24, 2.45) is 5.73 Å². The van der Waals surface area contributed by atoms with Gasteiger partial charge in [0.1, 0.15) is 5.60 Å². The van der Waals surface area contributed by atoms with Gasteiger partial charge in [-0.3, -0.25) is 0 Å². The van der Waals surface area contributed by atoms with Crippen molar-refractivity contribution in [3.05, 3.63) is 0 Å². The molecule has 1 amide bonds. The molecular weight excluding hydrogens is 320 g/mol. The second-order valence-corrected chi connectivity index (χ2v) is 7.57. The smallest absolute Gasteiger partial charge is 0.408 e. The van der Waals surface area contributed by atoms with Crippen molar-refractivity contribution in [1.29, 1.82) is 0 Å². The standard InChI is InChI=1S/C19H40N2O4/c1-19(2,3)25-18(23)21-17(15-22)16-24-14-12-10-8-6-4-5-7-9-11-13-20/h17,22H,4-16,20H2,1-3H3,(H,21,23)/t17-/m0/s1. The average Bonchev–Trinajstić information content (AvgIpc) is 2.53. The molecule has 4 N–H and O–H groups in total. The minimum Gasteiger partial charge on any atom is -0.444 e. The second kappa shape index (κ2) is 15.4. The number of amides is 1. The van der Waals surface area contributed by atoms with E-state index >= 15 is 0 Å². The van der Waals surface area contributed by atoms with E-state index in [9.17, 15) is 9.90 Å². The first-order chi connectivity index (χ1) is 11.9. The van der Waals surface area contributed by atoms with Crippen LogP contribution in [-0.4, -0.2) is 49.2 Å². The zero-order chi connectivity index (χ0) is 19.0. The van der Waals surface area contributed by atoms with E-state index in [4.69, 9.17) is 15.2 Å². The molecule has 0 unspecified atom stereocenters. The van der Waals surface area contributed by atoms with Gasteiger partial charge in [0.2, 0.25) is 0 Å². The molecular formula is C19H40N2O4. The molecule has 0 saturated carbocycles. The fraction of sp³-hybridized carbons (Fsp3) is 0.947. The number of ether oxygens (including phenoxy) is 2. The SMILES string of the molecule is CC(C)(C)OC(=O)N[C@@H](CO)COCCCCCCCCCCCN. The molecule has 25 heavy (non-hydrogen) atoms. The number of aliphatic hydroxyl groups excluding tert-OH is 1. The van der Waals surface area contributed by atoms with Crippen LogP contribution in [0.25, 0.3) is 0 Å². The Morgan fingerprint density at radius 3 is 2.00 bits per heavy atom. The van der Waals surface area contributed by atoms with E-state index in [0.29, 0.717) is 13.2 Å². The molecule has 150 valence electrons. The van der Waals surface area contributed by atoms with Gasteiger partial charge in [-0.15, -0.1) is 0 Å². The molecule has 0 aromatic heterocycles. The quantitative estimate of drug-likeness (QED) is 0.389. The summed E-state index contributed by atoms with van der Waals surface area (Å²) < 4.78 is 10.7. The molecule has 0 aliphatic carbocycles. The van der Waals surface area contributed by atoms with Crippen LogP contribution in [0.5, 0.6) is 0 Å². The summed E-state index contributed by atoms with van der Waals surface area (Å²) in [5.74, 6) is 0. The summed E-state index contributed by atoms with van der Waals surface area (Å²) in [6, 6.07) is -0.427. The van der Waals surface area contributed by atoms with Crippen LogP contribution in [0.4, 0.5) is 4.79 Å². The molecule has 0 saturated heterocycles. The van der Waals surface area contributed by atoms with Gasteiger partial charge in [0.15, 0.2) is 0 Å². The van der Waals surface area contributed by atoms with Crippen LogP contribution >= 0.6 is 0 Å². The van der Waals surface area contributed by atoms with Crippen LogP contribution in [0, 0.1) is 0 Å². The van der Waals surface area contributed by atoms with Crippen LogP contribution < -0.4 is 11.1 Å². The number of nitrogens with two attached hydrogens (primary N) is 1. The first-order valence-electron chi connectivity index (χ1n) is 9.77. The topological polar surface area (TPSA) is 93.8 Å². The maximum Gasteiger partial charge on any atom is 0.408 e. The van der Waals surface area contributed by atoms with Gasteiger partial charge in [0.05, 0.1) is 19.3 Å². The number of alkyl carbamates (subject to hydrolysis) is 1. The van der Waals surface area contributed by atoms with E-state index in [0.717, 1.165) is 25.8 Å². The molecule has 0 bridgehead atoms. The molecule has 0 rings (SSSR count). The summed E-state index contributed by atoms with van der Waals surface area (Å²) in [5.41, 5.74) is 4.93. The van der Waals surface area contributed by atoms with Gasteiger partial charge in [0.25, 0.3) is 0 Å². The summed E-state index contributed by atoms with van der Waals surface area (Å²) in [6.07, 6.45) is 10.5. The molecule has 0 fully saturated rings. The first kappa shape index (κ1) is 24.1. The lowest BCUT2D eigenvalue weighted by atomic mass is 10.1. The van der Waals surface area contributed by atoms with Crippen molar-refractivity contribution in [3.8, 4) is 0 Å². The highest BCUT2D eigenvalue weighted by Crippen LogP contribution is 2.10. The van der Waals surface area contributed by atoms with Gasteiger partial charge in [0, 0.05) is 6.61 Å². The number of carbonyl (C=O) groups excluding carboxylic acids is 1. The summed E-state index contributed by atoms with van der Waals surface area (Å²) in [4.78, 5) is 11.6. The van der Waals surface area contributed by atoms with Crippen LogP contribution in [-0.2, 0) is 9.47 Å². The minimum absolute atomic E-state index is 0.163. The van der Waals surface area contributed by atoms with Crippen molar-refractivity contribution in [2.45, 2.75) is 90.2 Å². The van der Waals surface area contributed by atoms with Gasteiger partial charge >= 0.3 is 6.09 Å². The molecule has 0 aromatic rings. The zero-order valence-corrected chi connectivity index (χ0v) is 16.5. The fourth-order valence-corrected chi connectivity index (χ4v) is 2.43. The normalized spacial score (nSPS) is 12.8. The monoisotopic (exact) mass is 360 g/mol. The number of aliphatic hydroxyl groups is 1. The number of rotatable bonds is 15. The summed E-state index contributed by atoms with van der Waals surface area (Å²) in [6.45, 7) is 7.01. The lowest BCUT2D eigenvalue weighted by molar-refractivity contribution is 0.0383. The Balaban J connectivity index is 3.48. The first-order valence-corrected chi connectivity index (χ1v) is 9.77. The van der Waals surface area contributed by atoms with Gasteiger partial charge in [-0.05, 0) is 40.2 Å². The van der Waals surface area contributed by atoms with E-state index in [-0.39, 0.29) is 6.61 Å². The third-order valence-electron chi connectivity index (χ3n) is 3.75. The van der Waals surface area contributed by atoms with Gasteiger partial charge in [-0.25, -0.2) is 4.79 Å². The van der Waals surface area contributed by atoms with Gasteiger partial charge in [-0.2, -0.15) is 0 Å². The Morgan fingerprint density at radius 1 is 1.00 bits per heavy atom. The molecule has 0 aromatic carbocycles. The molecule has 0 aliphatic heterocycles. The van der Waals surface area contributed by atoms with Crippen molar-refractivity contribution in [2.75, 3.05) is 26.4 Å². The summed E-state index contributed by atoms with van der Waals surface area (Å²) >= 11 is 0. The number of nitrogens with one attached hydrogen (secondary N) is 1. The molecule has 6 nitrogen and oxygen atoms in total. The number of hydrogen-bond acceptors (Lipinski definition) is 5. The van der Waals surface area contributed by atoms with Crippen molar-refractivity contribution >= 4 is 6.09 Å². The van der Waals surface area contributed by atoms with Crippen LogP contribution in [0.3, 0.4) is 0 Å². The Hall–Kier alpha value is -0.850. The third-order valence-corrected chi connectivity index (χ3v) is 3.75. The third kappa shape index (κ3) is 17.8. The lowest BCUT2D eigenvalue weighted by Crippen LogP contribution is -2.43. The zero-order valence-electron chi connectivity index (χ0n) is 16.5. The Kier molecular flexibility index (Phi) is 14.9. The fourth-order valence-electron chi connectivity index (χ4n) is 2.43. The van der Waals surface area contributed by atoms with E-state index < -0.39 is 17.7 Å². The average molecular weight is 361 g/mol. The highest BCUT2D eigenvalue weighted by Gasteiger charge is 2.19. The Morgan fingerprint density at radius 2 is 1.52 bits per heavy atom. The van der Waals surface area contributed by atoms with Crippen molar-refractivity contribution < 1.29 is 19.4 Å². The van der Waals surface area contributed by atoms with E-state index in [1.807, 2.05) is 0 Å². The van der Waals surface area contributed by atoms with Crippen LogP contribution in [0.15, 0.2) is 0 Å². The minimum atomic E-state index is -0.546. The highest BCUT2D eigenvalue weighted by atomic mass is 16.6. The predicted octanol–water partition coefficient (Wildman–Crippen LogP) is 3.36. The van der Waals surface area contributed by atoms with E-state index in [1.54, 1.807) is 20.8 Å². The van der Waals surface area contributed by atoms with E-state index in [2.05, 4.69) is 5.32 Å². The highest BCUT2D eigenvalue weighted by molar-refractivity contribution is 5.68. The van der Waals surface area contributed by atoms with Crippen LogP contribution in [0.1, 0.15) is 78.6 Å². The Bertz CT molecular complexity index is 319. The summed E-state index contributed by atoms with van der Waals surface area (Å²) in [7, 11) is 0. The number of unbranched alkanes of at least 4 members (excludes halogenated alkanes) is 8. The number of carbonyl (C=O) groups is 1. The summed E-state index contributed by atoms with van der Waals surface area (Å²) in [5, 5.41) is 11.9. The molecule has 6 heteroatoms. The lowest BCUT2D eigenvalue weighted by Gasteiger charge is -2.22. The predicted molar refractivity (Wildman–Crippen MR) is 102 cm³/mol. The molecule has 0 radical (unpaired) electrons. The maximum absolute atomic E-state index is 11.6. The number of hydrogen-bond donors (Lipinski definition) is 3. The van der Waals surface area contributed by atoms with E-state index in [1.165, 1.54) is 38.5 Å².